The van der Waals surface area contributed by atoms with Crippen molar-refractivity contribution in [2.24, 2.45) is 0 Å². The molecule has 4 rings (SSSR count). The van der Waals surface area contributed by atoms with Gasteiger partial charge in [0.2, 0.25) is 5.60 Å². The van der Waals surface area contributed by atoms with E-state index in [-0.39, 0.29) is 18.7 Å². The van der Waals surface area contributed by atoms with Gasteiger partial charge in [-0.1, -0.05) is 97.4 Å². The molecule has 2 unspecified atom stereocenters. The van der Waals surface area contributed by atoms with Crippen LogP contribution in [0.4, 0.5) is 0 Å². The summed E-state index contributed by atoms with van der Waals surface area (Å²) in [7, 11) is 0. The van der Waals surface area contributed by atoms with Crippen molar-refractivity contribution in [3.8, 4) is 0 Å². The fourth-order valence-electron chi connectivity index (χ4n) is 4.52. The van der Waals surface area contributed by atoms with E-state index in [1.165, 1.54) is 0 Å². The van der Waals surface area contributed by atoms with Crippen molar-refractivity contribution < 1.29 is 19.0 Å². The van der Waals surface area contributed by atoms with Gasteiger partial charge < -0.3 is 14.2 Å². The SMILES string of the molecule is CCN1CCC(OC(=O)C(OCCOCc2ccccc2)(c2ccccc2)c2ccc(C)cc2)C1. The highest BCUT2D eigenvalue weighted by atomic mass is 16.6. The summed E-state index contributed by atoms with van der Waals surface area (Å²) in [5.74, 6) is -0.376. The Kier molecular flexibility index (Phi) is 8.69. The number of benzene rings is 3. The summed E-state index contributed by atoms with van der Waals surface area (Å²) in [5.41, 5.74) is 2.35. The Bertz CT molecular complexity index is 1050. The summed E-state index contributed by atoms with van der Waals surface area (Å²) in [6.45, 7) is 7.89. The van der Waals surface area contributed by atoms with E-state index in [1.807, 2.05) is 91.9 Å². The first kappa shape index (κ1) is 25.1. The second-order valence-electron chi connectivity index (χ2n) is 9.01. The average Bonchev–Trinajstić information content (AvgIpc) is 3.35. The minimum atomic E-state index is -1.37. The Labute approximate surface area is 208 Å². The first-order valence-electron chi connectivity index (χ1n) is 12.4. The molecule has 35 heavy (non-hydrogen) atoms. The molecule has 0 amide bonds. The topological polar surface area (TPSA) is 48.0 Å². The molecular formula is C30H35NO4. The highest BCUT2D eigenvalue weighted by Gasteiger charge is 2.46. The lowest BCUT2D eigenvalue weighted by Crippen LogP contribution is -2.44. The number of carbonyl (C=O) groups is 1. The fourth-order valence-corrected chi connectivity index (χ4v) is 4.52. The summed E-state index contributed by atoms with van der Waals surface area (Å²) >= 11 is 0. The van der Waals surface area contributed by atoms with Crippen molar-refractivity contribution >= 4 is 5.97 Å². The molecule has 0 radical (unpaired) electrons. The van der Waals surface area contributed by atoms with Gasteiger partial charge in [-0.2, -0.15) is 0 Å². The predicted molar refractivity (Wildman–Crippen MR) is 137 cm³/mol. The summed E-state index contributed by atoms with van der Waals surface area (Å²) in [6, 6.07) is 27.6. The molecule has 5 heteroatoms. The smallest absolute Gasteiger partial charge is 0.348 e. The van der Waals surface area contributed by atoms with Crippen molar-refractivity contribution in [3.63, 3.8) is 0 Å². The number of hydrogen-bond donors (Lipinski definition) is 0. The maximum absolute atomic E-state index is 14.0. The molecule has 1 aliphatic heterocycles. The molecule has 1 saturated heterocycles. The van der Waals surface area contributed by atoms with Crippen molar-refractivity contribution in [1.29, 1.82) is 0 Å². The van der Waals surface area contributed by atoms with Gasteiger partial charge in [0.05, 0.1) is 19.8 Å². The molecule has 5 nitrogen and oxygen atoms in total. The van der Waals surface area contributed by atoms with Crippen molar-refractivity contribution in [2.45, 2.75) is 38.6 Å². The zero-order valence-electron chi connectivity index (χ0n) is 20.7. The second kappa shape index (κ2) is 12.1. The molecule has 1 heterocycles. The van der Waals surface area contributed by atoms with E-state index < -0.39 is 5.60 Å². The van der Waals surface area contributed by atoms with Crippen LogP contribution >= 0.6 is 0 Å². The van der Waals surface area contributed by atoms with Crippen LogP contribution in [0, 0.1) is 6.92 Å². The van der Waals surface area contributed by atoms with Gasteiger partial charge in [0.25, 0.3) is 0 Å². The van der Waals surface area contributed by atoms with Crippen LogP contribution in [0.5, 0.6) is 0 Å². The number of esters is 1. The number of likely N-dealkylation sites (tertiary alicyclic amines) is 1. The van der Waals surface area contributed by atoms with Gasteiger partial charge in [0, 0.05) is 13.1 Å². The maximum Gasteiger partial charge on any atom is 0.348 e. The third-order valence-corrected chi connectivity index (χ3v) is 6.53. The van der Waals surface area contributed by atoms with Crippen LogP contribution in [-0.4, -0.2) is 49.8 Å². The van der Waals surface area contributed by atoms with E-state index in [0.29, 0.717) is 13.2 Å². The number of likely N-dealkylation sites (N-methyl/N-ethyl adjacent to an activating group) is 1. The summed E-state index contributed by atoms with van der Waals surface area (Å²) in [4.78, 5) is 16.3. The molecule has 3 aromatic carbocycles. The number of ether oxygens (including phenoxy) is 3. The molecule has 2 atom stereocenters. The third-order valence-electron chi connectivity index (χ3n) is 6.53. The van der Waals surface area contributed by atoms with Crippen LogP contribution < -0.4 is 0 Å². The van der Waals surface area contributed by atoms with Crippen LogP contribution in [0.15, 0.2) is 84.9 Å². The summed E-state index contributed by atoms with van der Waals surface area (Å²) < 4.78 is 18.5. The van der Waals surface area contributed by atoms with Gasteiger partial charge in [-0.15, -0.1) is 0 Å². The molecular weight excluding hydrogens is 438 g/mol. The molecule has 0 bridgehead atoms. The number of hydrogen-bond acceptors (Lipinski definition) is 5. The molecule has 1 aliphatic rings. The Morgan fingerprint density at radius 1 is 0.914 bits per heavy atom. The second-order valence-corrected chi connectivity index (χ2v) is 9.01. The van der Waals surface area contributed by atoms with E-state index >= 15 is 0 Å². The maximum atomic E-state index is 14.0. The Morgan fingerprint density at radius 3 is 2.23 bits per heavy atom. The van der Waals surface area contributed by atoms with Crippen molar-refractivity contribution in [1.82, 2.24) is 4.90 Å². The number of rotatable bonds is 11. The molecule has 184 valence electrons. The van der Waals surface area contributed by atoms with Crippen molar-refractivity contribution in [3.05, 3.63) is 107 Å². The molecule has 0 aliphatic carbocycles. The van der Waals surface area contributed by atoms with Gasteiger partial charge in [-0.05, 0) is 36.6 Å². The zero-order valence-corrected chi connectivity index (χ0v) is 20.7. The quantitative estimate of drug-likeness (QED) is 0.286. The van der Waals surface area contributed by atoms with E-state index in [9.17, 15) is 4.79 Å². The third kappa shape index (κ3) is 6.17. The molecule has 0 N–H and O–H groups in total. The van der Waals surface area contributed by atoms with Crippen LogP contribution in [0.3, 0.4) is 0 Å². The standard InChI is InChI=1S/C30H35NO4/c1-3-31-19-18-28(22-31)35-29(32)30(26-12-8-5-9-13-26,27-16-14-24(2)15-17-27)34-21-20-33-23-25-10-6-4-7-11-25/h4-17,28H,3,18-23H2,1-2H3. The monoisotopic (exact) mass is 473 g/mol. The number of carbonyl (C=O) groups excluding carboxylic acids is 1. The van der Waals surface area contributed by atoms with Crippen LogP contribution in [-0.2, 0) is 31.2 Å². The first-order valence-corrected chi connectivity index (χ1v) is 12.4. The lowest BCUT2D eigenvalue weighted by molar-refractivity contribution is -0.175. The van der Waals surface area contributed by atoms with E-state index in [4.69, 9.17) is 14.2 Å². The van der Waals surface area contributed by atoms with E-state index in [1.54, 1.807) is 0 Å². The Morgan fingerprint density at radius 2 is 1.57 bits per heavy atom. The minimum absolute atomic E-state index is 0.145. The van der Waals surface area contributed by atoms with Gasteiger partial charge in [-0.25, -0.2) is 4.79 Å². The number of nitrogens with zero attached hydrogens (tertiary/aromatic N) is 1. The number of aryl methyl sites for hydroxylation is 1. The summed E-state index contributed by atoms with van der Waals surface area (Å²) in [5, 5.41) is 0. The largest absolute Gasteiger partial charge is 0.458 e. The van der Waals surface area contributed by atoms with Gasteiger partial charge in [0.1, 0.15) is 6.10 Å². The Hall–Kier alpha value is -2.99. The fraction of sp³-hybridized carbons (Fsp3) is 0.367. The Balaban J connectivity index is 1.58. The first-order chi connectivity index (χ1) is 17.1. The van der Waals surface area contributed by atoms with E-state index in [2.05, 4.69) is 11.8 Å². The highest BCUT2D eigenvalue weighted by Crippen LogP contribution is 2.36. The van der Waals surface area contributed by atoms with Gasteiger partial charge >= 0.3 is 5.97 Å². The molecule has 0 spiro atoms. The predicted octanol–water partition coefficient (Wildman–Crippen LogP) is 5.11. The lowest BCUT2D eigenvalue weighted by Gasteiger charge is -2.34. The normalized spacial score (nSPS) is 17.7. The van der Waals surface area contributed by atoms with Crippen molar-refractivity contribution in [2.75, 3.05) is 32.8 Å². The molecule has 1 fully saturated rings. The molecule has 3 aromatic rings. The van der Waals surface area contributed by atoms with Gasteiger partial charge in [0.15, 0.2) is 0 Å². The molecule has 0 aromatic heterocycles. The average molecular weight is 474 g/mol. The summed E-state index contributed by atoms with van der Waals surface area (Å²) in [6.07, 6.45) is 0.687. The molecule has 0 saturated carbocycles. The zero-order chi connectivity index (χ0) is 24.5. The van der Waals surface area contributed by atoms with Crippen LogP contribution in [0.2, 0.25) is 0 Å². The van der Waals surface area contributed by atoms with Gasteiger partial charge in [-0.3, -0.25) is 4.90 Å². The minimum Gasteiger partial charge on any atom is -0.458 e. The van der Waals surface area contributed by atoms with Crippen LogP contribution in [0.1, 0.15) is 35.6 Å². The van der Waals surface area contributed by atoms with Crippen LogP contribution in [0.25, 0.3) is 0 Å². The highest BCUT2D eigenvalue weighted by molar-refractivity contribution is 5.86. The van der Waals surface area contributed by atoms with E-state index in [0.717, 1.165) is 48.3 Å². The lowest BCUT2D eigenvalue weighted by atomic mass is 9.85.